The first-order valence-electron chi connectivity index (χ1n) is 10.4. The molecule has 1 saturated heterocycles. The molecular formula is C24H21ClN6S. The largest absolute Gasteiger partial charge is 0.371 e. The van der Waals surface area contributed by atoms with Gasteiger partial charge in [-0.1, -0.05) is 23.4 Å². The maximum Gasteiger partial charge on any atom is 0.172 e. The van der Waals surface area contributed by atoms with Crippen molar-refractivity contribution in [3.05, 3.63) is 65.6 Å². The molecule has 2 aromatic heterocycles. The number of imidazole rings is 1. The number of nitrogens with one attached hydrogen (secondary N) is 1. The number of hydrogen-bond acceptors (Lipinski definition) is 6. The van der Waals surface area contributed by atoms with Crippen molar-refractivity contribution in [1.29, 1.82) is 5.26 Å². The van der Waals surface area contributed by atoms with Gasteiger partial charge in [-0.15, -0.1) is 0 Å². The molecule has 0 amide bonds. The van der Waals surface area contributed by atoms with Crippen LogP contribution >= 0.6 is 23.4 Å². The van der Waals surface area contributed by atoms with Gasteiger partial charge in [0.1, 0.15) is 6.07 Å². The summed E-state index contributed by atoms with van der Waals surface area (Å²) >= 11 is 8.08. The van der Waals surface area contributed by atoms with Crippen LogP contribution in [-0.4, -0.2) is 27.6 Å². The summed E-state index contributed by atoms with van der Waals surface area (Å²) in [7, 11) is 1.95. The highest BCUT2D eigenvalue weighted by atomic mass is 35.5. The van der Waals surface area contributed by atoms with Gasteiger partial charge in [0.05, 0.1) is 21.8 Å². The number of aryl methyl sites for hydroxylation is 1. The molecule has 1 aliphatic heterocycles. The van der Waals surface area contributed by atoms with E-state index in [-0.39, 0.29) is 0 Å². The van der Waals surface area contributed by atoms with E-state index in [1.807, 2.05) is 42.1 Å². The van der Waals surface area contributed by atoms with Crippen molar-refractivity contribution in [3.63, 3.8) is 0 Å². The van der Waals surface area contributed by atoms with Gasteiger partial charge in [0, 0.05) is 60.4 Å². The van der Waals surface area contributed by atoms with Gasteiger partial charge in [0.25, 0.3) is 0 Å². The average Bonchev–Trinajstić information content (AvgIpc) is 3.48. The molecule has 160 valence electrons. The zero-order valence-electron chi connectivity index (χ0n) is 17.5. The van der Waals surface area contributed by atoms with E-state index >= 15 is 0 Å². The van der Waals surface area contributed by atoms with Gasteiger partial charge >= 0.3 is 0 Å². The van der Waals surface area contributed by atoms with E-state index in [1.165, 1.54) is 30.3 Å². The molecular weight excluding hydrogens is 440 g/mol. The third-order valence-electron chi connectivity index (χ3n) is 5.62. The lowest BCUT2D eigenvalue weighted by molar-refractivity contribution is 0.790. The predicted octanol–water partition coefficient (Wildman–Crippen LogP) is 5.99. The predicted molar refractivity (Wildman–Crippen MR) is 130 cm³/mol. The smallest absolute Gasteiger partial charge is 0.172 e. The minimum Gasteiger partial charge on any atom is -0.371 e. The van der Waals surface area contributed by atoms with E-state index in [4.69, 9.17) is 11.6 Å². The third kappa shape index (κ3) is 3.99. The normalized spacial score (nSPS) is 13.5. The number of anilines is 3. The summed E-state index contributed by atoms with van der Waals surface area (Å²) in [5, 5.41) is 15.5. The van der Waals surface area contributed by atoms with E-state index in [2.05, 4.69) is 38.4 Å². The molecule has 1 N–H and O–H groups in total. The van der Waals surface area contributed by atoms with Crippen LogP contribution in [0, 0.1) is 11.3 Å². The van der Waals surface area contributed by atoms with Crippen LogP contribution in [-0.2, 0) is 7.05 Å². The van der Waals surface area contributed by atoms with Crippen molar-refractivity contribution in [2.75, 3.05) is 23.3 Å². The number of halogens is 1. The number of pyridine rings is 1. The van der Waals surface area contributed by atoms with Gasteiger partial charge in [0.2, 0.25) is 0 Å². The number of nitriles is 1. The van der Waals surface area contributed by atoms with Crippen LogP contribution in [0.1, 0.15) is 18.4 Å². The van der Waals surface area contributed by atoms with E-state index < -0.39 is 0 Å². The summed E-state index contributed by atoms with van der Waals surface area (Å²) in [6.45, 7) is 2.15. The fourth-order valence-corrected chi connectivity index (χ4v) is 5.03. The van der Waals surface area contributed by atoms with Gasteiger partial charge in [-0.25, -0.2) is 4.98 Å². The summed E-state index contributed by atoms with van der Waals surface area (Å²) in [4.78, 5) is 12.2. The molecule has 4 aromatic rings. The minimum absolute atomic E-state index is 0.494. The first-order valence-corrected chi connectivity index (χ1v) is 11.6. The molecule has 32 heavy (non-hydrogen) atoms. The van der Waals surface area contributed by atoms with E-state index in [0.29, 0.717) is 10.6 Å². The van der Waals surface area contributed by atoms with Crippen LogP contribution in [0.5, 0.6) is 0 Å². The number of aromatic nitrogens is 3. The van der Waals surface area contributed by atoms with Crippen LogP contribution in [0.4, 0.5) is 17.1 Å². The molecule has 6 nitrogen and oxygen atoms in total. The van der Waals surface area contributed by atoms with Crippen LogP contribution < -0.4 is 10.2 Å². The summed E-state index contributed by atoms with van der Waals surface area (Å²) in [6.07, 6.45) is 7.74. The number of benzene rings is 2. The zero-order valence-corrected chi connectivity index (χ0v) is 19.1. The Kier molecular flexibility index (Phi) is 5.64. The first-order chi connectivity index (χ1) is 15.6. The zero-order chi connectivity index (χ0) is 22.1. The Morgan fingerprint density at radius 1 is 1.12 bits per heavy atom. The molecule has 0 unspecified atom stereocenters. The second-order valence-corrected chi connectivity index (χ2v) is 9.16. The summed E-state index contributed by atoms with van der Waals surface area (Å²) in [5.41, 5.74) is 4.09. The Morgan fingerprint density at radius 2 is 1.97 bits per heavy atom. The topological polar surface area (TPSA) is 69.8 Å². The van der Waals surface area contributed by atoms with Crippen LogP contribution in [0.25, 0.3) is 10.9 Å². The van der Waals surface area contributed by atoms with Gasteiger partial charge in [-0.05, 0) is 49.2 Å². The molecule has 3 heterocycles. The lowest BCUT2D eigenvalue weighted by Gasteiger charge is -2.19. The molecule has 2 aromatic carbocycles. The van der Waals surface area contributed by atoms with Crippen molar-refractivity contribution >= 4 is 51.3 Å². The molecule has 0 radical (unpaired) electrons. The standard InChI is InChI=1S/C24H21ClN6S/c1-30-11-8-27-24(30)32-22-7-4-17(12-20(22)25)29-23-16(14-26)15-28-21-13-18(5-6-19(21)23)31-9-2-3-10-31/h4-8,11-13,15H,2-3,9-10H2,1H3,(H,28,29). The Morgan fingerprint density at radius 3 is 2.69 bits per heavy atom. The quantitative estimate of drug-likeness (QED) is 0.394. The SMILES string of the molecule is Cn1ccnc1Sc1ccc(Nc2c(C#N)cnc3cc(N4CCCC4)ccc23)cc1Cl. The number of fused-ring (bicyclic) bond motifs is 1. The first kappa shape index (κ1) is 20.7. The lowest BCUT2D eigenvalue weighted by Crippen LogP contribution is -2.17. The summed E-state index contributed by atoms with van der Waals surface area (Å²) < 4.78 is 1.95. The highest BCUT2D eigenvalue weighted by Gasteiger charge is 2.16. The molecule has 1 fully saturated rings. The summed E-state index contributed by atoms with van der Waals surface area (Å²) in [5.74, 6) is 0. The molecule has 1 aliphatic rings. The second-order valence-electron chi connectivity index (χ2n) is 7.75. The Labute approximate surface area is 195 Å². The van der Waals surface area contributed by atoms with Gasteiger partial charge in [-0.3, -0.25) is 4.98 Å². The Balaban J connectivity index is 1.46. The Hall–Kier alpha value is -3.21. The molecule has 5 rings (SSSR count). The van der Waals surface area contributed by atoms with Crippen molar-refractivity contribution in [2.45, 2.75) is 22.9 Å². The van der Waals surface area contributed by atoms with E-state index in [1.54, 1.807) is 12.4 Å². The summed E-state index contributed by atoms with van der Waals surface area (Å²) in [6, 6.07) is 14.3. The fraction of sp³-hybridized carbons (Fsp3) is 0.208. The number of nitrogens with zero attached hydrogens (tertiary/aromatic N) is 5. The second kappa shape index (κ2) is 8.73. The van der Waals surface area contributed by atoms with Gasteiger partial charge in [-0.2, -0.15) is 5.26 Å². The molecule has 8 heteroatoms. The molecule has 0 saturated carbocycles. The highest BCUT2D eigenvalue weighted by molar-refractivity contribution is 7.99. The van der Waals surface area contributed by atoms with Crippen molar-refractivity contribution in [2.24, 2.45) is 7.05 Å². The maximum absolute atomic E-state index is 9.67. The third-order valence-corrected chi connectivity index (χ3v) is 7.20. The van der Waals surface area contributed by atoms with E-state index in [9.17, 15) is 5.26 Å². The van der Waals surface area contributed by atoms with Crippen molar-refractivity contribution < 1.29 is 0 Å². The van der Waals surface area contributed by atoms with Gasteiger partial charge < -0.3 is 14.8 Å². The average molecular weight is 461 g/mol. The van der Waals surface area contributed by atoms with Crippen molar-refractivity contribution in [1.82, 2.24) is 14.5 Å². The molecule has 0 bridgehead atoms. The number of hydrogen-bond donors (Lipinski definition) is 1. The highest BCUT2D eigenvalue weighted by Crippen LogP contribution is 2.36. The molecule has 0 spiro atoms. The molecule has 0 atom stereocenters. The Bertz CT molecular complexity index is 1340. The van der Waals surface area contributed by atoms with Crippen LogP contribution in [0.2, 0.25) is 5.02 Å². The van der Waals surface area contributed by atoms with Crippen LogP contribution in [0.15, 0.2) is 65.0 Å². The molecule has 0 aliphatic carbocycles. The number of rotatable bonds is 5. The lowest BCUT2D eigenvalue weighted by atomic mass is 10.1. The minimum atomic E-state index is 0.494. The van der Waals surface area contributed by atoms with Crippen LogP contribution in [0.3, 0.4) is 0 Å². The van der Waals surface area contributed by atoms with Gasteiger partial charge in [0.15, 0.2) is 5.16 Å². The monoisotopic (exact) mass is 460 g/mol. The van der Waals surface area contributed by atoms with Crippen molar-refractivity contribution in [3.8, 4) is 6.07 Å². The fourth-order valence-electron chi connectivity index (χ4n) is 3.93. The van der Waals surface area contributed by atoms with E-state index in [0.717, 1.165) is 45.4 Å². The maximum atomic E-state index is 9.67.